The Balaban J connectivity index is 2.31. The van der Waals surface area contributed by atoms with Gasteiger partial charge in [-0.1, -0.05) is 37.0 Å². The molecule has 0 aliphatic rings. The number of halogens is 2. The molecule has 0 heterocycles. The average molecular weight is 289 g/mol. The van der Waals surface area contributed by atoms with Crippen molar-refractivity contribution >= 4 is 23.2 Å². The van der Waals surface area contributed by atoms with E-state index in [0.29, 0.717) is 0 Å². The number of hydrogen-bond donors (Lipinski definition) is 1. The molecule has 102 valence electrons. The third-order valence-corrected chi connectivity index (χ3v) is 3.52. The van der Waals surface area contributed by atoms with Crippen LogP contribution in [0.2, 0.25) is 10.0 Å². The minimum absolute atomic E-state index is 0.734. The smallest absolute Gasteiger partial charge is 0.0451 e. The quantitative estimate of drug-likeness (QED) is 0.732. The van der Waals surface area contributed by atoms with E-state index in [2.05, 4.69) is 24.1 Å². The molecule has 0 fully saturated rings. The Bertz CT molecular complexity index is 356. The third-order valence-electron chi connectivity index (χ3n) is 2.92. The fraction of sp³-hybridized carbons (Fsp3) is 0.571. The van der Waals surface area contributed by atoms with Crippen LogP contribution in [0.4, 0.5) is 0 Å². The number of rotatable bonds is 8. The summed E-state index contributed by atoms with van der Waals surface area (Å²) in [5.41, 5.74) is 1.06. The SMILES string of the molecule is CCCN(CC)CCNCc1cc(Cl)ccc1Cl. The van der Waals surface area contributed by atoms with Gasteiger partial charge in [-0.2, -0.15) is 0 Å². The summed E-state index contributed by atoms with van der Waals surface area (Å²) < 4.78 is 0. The fourth-order valence-corrected chi connectivity index (χ4v) is 2.26. The molecule has 1 N–H and O–H groups in total. The van der Waals surface area contributed by atoms with E-state index in [9.17, 15) is 0 Å². The van der Waals surface area contributed by atoms with E-state index in [1.807, 2.05) is 18.2 Å². The maximum atomic E-state index is 6.11. The topological polar surface area (TPSA) is 15.3 Å². The Morgan fingerprint density at radius 3 is 2.61 bits per heavy atom. The van der Waals surface area contributed by atoms with Crippen LogP contribution in [0.25, 0.3) is 0 Å². The summed E-state index contributed by atoms with van der Waals surface area (Å²) in [6.07, 6.45) is 1.20. The van der Waals surface area contributed by atoms with Crippen molar-refractivity contribution < 1.29 is 0 Å². The van der Waals surface area contributed by atoms with Gasteiger partial charge in [-0.15, -0.1) is 0 Å². The number of likely N-dealkylation sites (N-methyl/N-ethyl adjacent to an activating group) is 1. The van der Waals surface area contributed by atoms with Gasteiger partial charge in [0.05, 0.1) is 0 Å². The molecule has 0 bridgehead atoms. The van der Waals surface area contributed by atoms with Crippen molar-refractivity contribution in [2.45, 2.75) is 26.8 Å². The molecule has 2 nitrogen and oxygen atoms in total. The molecular weight excluding hydrogens is 267 g/mol. The van der Waals surface area contributed by atoms with Crippen LogP contribution >= 0.6 is 23.2 Å². The zero-order valence-corrected chi connectivity index (χ0v) is 12.7. The molecule has 0 unspecified atom stereocenters. The Kier molecular flexibility index (Phi) is 7.68. The van der Waals surface area contributed by atoms with Gasteiger partial charge in [-0.25, -0.2) is 0 Å². The summed E-state index contributed by atoms with van der Waals surface area (Å²) >= 11 is 12.1. The molecule has 1 aromatic rings. The Labute approximate surface area is 120 Å². The number of benzene rings is 1. The van der Waals surface area contributed by atoms with Gasteiger partial charge in [0.15, 0.2) is 0 Å². The van der Waals surface area contributed by atoms with E-state index >= 15 is 0 Å². The van der Waals surface area contributed by atoms with Crippen molar-refractivity contribution in [2.24, 2.45) is 0 Å². The highest BCUT2D eigenvalue weighted by molar-refractivity contribution is 6.33. The zero-order valence-electron chi connectivity index (χ0n) is 11.2. The van der Waals surface area contributed by atoms with Crippen LogP contribution < -0.4 is 5.32 Å². The second kappa shape index (κ2) is 8.76. The fourth-order valence-electron chi connectivity index (χ4n) is 1.88. The van der Waals surface area contributed by atoms with Gasteiger partial charge in [0, 0.05) is 29.7 Å². The minimum atomic E-state index is 0.734. The molecule has 0 aliphatic heterocycles. The largest absolute Gasteiger partial charge is 0.311 e. The second-order valence-corrected chi connectivity index (χ2v) is 5.19. The van der Waals surface area contributed by atoms with Gasteiger partial charge in [0.25, 0.3) is 0 Å². The molecule has 0 radical (unpaired) electrons. The first-order chi connectivity index (χ1) is 8.67. The van der Waals surface area contributed by atoms with Crippen molar-refractivity contribution in [1.29, 1.82) is 0 Å². The lowest BCUT2D eigenvalue weighted by Gasteiger charge is -2.19. The predicted octanol–water partition coefficient (Wildman–Crippen LogP) is 3.81. The van der Waals surface area contributed by atoms with E-state index < -0.39 is 0 Å². The Morgan fingerprint density at radius 2 is 1.94 bits per heavy atom. The van der Waals surface area contributed by atoms with Gasteiger partial charge in [0.2, 0.25) is 0 Å². The maximum Gasteiger partial charge on any atom is 0.0451 e. The predicted molar refractivity (Wildman–Crippen MR) is 80.6 cm³/mol. The zero-order chi connectivity index (χ0) is 13.4. The lowest BCUT2D eigenvalue weighted by atomic mass is 10.2. The van der Waals surface area contributed by atoms with Crippen LogP contribution in [0.5, 0.6) is 0 Å². The van der Waals surface area contributed by atoms with Gasteiger partial charge in [0.1, 0.15) is 0 Å². The molecule has 0 amide bonds. The van der Waals surface area contributed by atoms with Crippen molar-refractivity contribution in [2.75, 3.05) is 26.2 Å². The summed E-state index contributed by atoms with van der Waals surface area (Å²) in [5, 5.41) is 4.91. The summed E-state index contributed by atoms with van der Waals surface area (Å²) in [4.78, 5) is 2.44. The Morgan fingerprint density at radius 1 is 1.17 bits per heavy atom. The molecule has 4 heteroatoms. The molecule has 0 saturated heterocycles. The molecule has 0 saturated carbocycles. The average Bonchev–Trinajstić information content (AvgIpc) is 2.37. The Hall–Kier alpha value is -0.280. The van der Waals surface area contributed by atoms with Crippen LogP contribution in [0.15, 0.2) is 18.2 Å². The van der Waals surface area contributed by atoms with E-state index in [-0.39, 0.29) is 0 Å². The number of hydrogen-bond acceptors (Lipinski definition) is 2. The first-order valence-electron chi connectivity index (χ1n) is 6.54. The van der Waals surface area contributed by atoms with Crippen LogP contribution in [-0.2, 0) is 6.54 Å². The first-order valence-corrected chi connectivity index (χ1v) is 7.30. The summed E-state index contributed by atoms with van der Waals surface area (Å²) in [6, 6.07) is 5.57. The highest BCUT2D eigenvalue weighted by Gasteiger charge is 2.02. The molecule has 0 aromatic heterocycles. The summed E-state index contributed by atoms with van der Waals surface area (Å²) in [5.74, 6) is 0. The van der Waals surface area contributed by atoms with Crippen molar-refractivity contribution in [3.05, 3.63) is 33.8 Å². The molecule has 0 aliphatic carbocycles. The van der Waals surface area contributed by atoms with E-state index in [1.165, 1.54) is 6.42 Å². The highest BCUT2D eigenvalue weighted by atomic mass is 35.5. The minimum Gasteiger partial charge on any atom is -0.311 e. The molecule has 0 atom stereocenters. The highest BCUT2D eigenvalue weighted by Crippen LogP contribution is 2.20. The van der Waals surface area contributed by atoms with E-state index in [0.717, 1.165) is 48.3 Å². The lowest BCUT2D eigenvalue weighted by Crippen LogP contribution is -2.32. The molecular formula is C14H22Cl2N2. The molecule has 1 aromatic carbocycles. The monoisotopic (exact) mass is 288 g/mol. The van der Waals surface area contributed by atoms with Gasteiger partial charge in [-0.3, -0.25) is 0 Å². The summed E-state index contributed by atoms with van der Waals surface area (Å²) in [7, 11) is 0. The standard InChI is InChI=1S/C14H22Cl2N2/c1-3-8-18(4-2)9-7-17-11-12-10-13(15)5-6-14(12)16/h5-6,10,17H,3-4,7-9,11H2,1-2H3. The van der Waals surface area contributed by atoms with Crippen molar-refractivity contribution in [3.63, 3.8) is 0 Å². The lowest BCUT2D eigenvalue weighted by molar-refractivity contribution is 0.287. The van der Waals surface area contributed by atoms with Gasteiger partial charge in [-0.05, 0) is 43.3 Å². The van der Waals surface area contributed by atoms with Crippen molar-refractivity contribution in [1.82, 2.24) is 10.2 Å². The maximum absolute atomic E-state index is 6.11. The van der Waals surface area contributed by atoms with Crippen LogP contribution in [0.1, 0.15) is 25.8 Å². The second-order valence-electron chi connectivity index (χ2n) is 4.35. The van der Waals surface area contributed by atoms with Crippen molar-refractivity contribution in [3.8, 4) is 0 Å². The molecule has 18 heavy (non-hydrogen) atoms. The normalized spacial score (nSPS) is 11.2. The van der Waals surface area contributed by atoms with E-state index in [4.69, 9.17) is 23.2 Å². The molecule has 1 rings (SSSR count). The van der Waals surface area contributed by atoms with E-state index in [1.54, 1.807) is 0 Å². The third kappa shape index (κ3) is 5.57. The van der Waals surface area contributed by atoms with Crippen LogP contribution in [0.3, 0.4) is 0 Å². The molecule has 0 spiro atoms. The number of nitrogens with one attached hydrogen (secondary N) is 1. The van der Waals surface area contributed by atoms with Crippen LogP contribution in [-0.4, -0.2) is 31.1 Å². The van der Waals surface area contributed by atoms with Gasteiger partial charge >= 0.3 is 0 Å². The number of nitrogens with zero attached hydrogens (tertiary/aromatic N) is 1. The first kappa shape index (κ1) is 15.8. The summed E-state index contributed by atoms with van der Waals surface area (Å²) in [6.45, 7) is 9.48. The van der Waals surface area contributed by atoms with Gasteiger partial charge < -0.3 is 10.2 Å². The van der Waals surface area contributed by atoms with Crippen LogP contribution in [0, 0.1) is 0 Å².